The zero-order valence-corrected chi connectivity index (χ0v) is 14.9. The third kappa shape index (κ3) is 4.80. The van der Waals surface area contributed by atoms with E-state index in [1.54, 1.807) is 0 Å². The molecule has 2 aliphatic rings. The summed E-state index contributed by atoms with van der Waals surface area (Å²) in [5.41, 5.74) is 2.03. The second-order valence-electron chi connectivity index (χ2n) is 6.73. The number of likely N-dealkylation sites (tertiary alicyclic amines) is 1. The maximum absolute atomic E-state index is 12.4. The molecule has 1 atom stereocenters. The topological polar surface area (TPSA) is 61.9 Å². The fourth-order valence-corrected chi connectivity index (χ4v) is 3.32. The van der Waals surface area contributed by atoms with Crippen LogP contribution in [0, 0.1) is 5.92 Å². The van der Waals surface area contributed by atoms with Crippen LogP contribution in [0.2, 0.25) is 0 Å². The summed E-state index contributed by atoms with van der Waals surface area (Å²) >= 11 is 0. The van der Waals surface area contributed by atoms with E-state index in [-0.39, 0.29) is 17.7 Å². The summed E-state index contributed by atoms with van der Waals surface area (Å²) in [7, 11) is 0. The molecule has 6 heteroatoms. The fraction of sp³-hybridized carbons (Fsp3) is 0.579. The lowest BCUT2D eigenvalue weighted by atomic mass is 10.1. The molecule has 0 bridgehead atoms. The molecule has 0 aliphatic carbocycles. The highest BCUT2D eigenvalue weighted by Gasteiger charge is 2.34. The van der Waals surface area contributed by atoms with E-state index in [2.05, 4.69) is 17.1 Å². The minimum atomic E-state index is -0.261. The van der Waals surface area contributed by atoms with Gasteiger partial charge in [0, 0.05) is 44.8 Å². The van der Waals surface area contributed by atoms with Gasteiger partial charge in [-0.05, 0) is 24.1 Å². The number of carbonyl (C=O) groups excluding carboxylic acids is 2. The molecule has 1 aromatic rings. The lowest BCUT2D eigenvalue weighted by Gasteiger charge is -2.28. The SMILES string of the molecule is CCc1ccc(NC(=O)C2CC(=O)N(CCN3CCOCC3)C2)cc1. The van der Waals surface area contributed by atoms with E-state index in [4.69, 9.17) is 4.74 Å². The monoisotopic (exact) mass is 345 g/mol. The molecule has 1 unspecified atom stereocenters. The lowest BCUT2D eigenvalue weighted by Crippen LogP contribution is -2.42. The number of aryl methyl sites for hydroxylation is 1. The number of rotatable bonds is 6. The average molecular weight is 345 g/mol. The van der Waals surface area contributed by atoms with Crippen molar-refractivity contribution in [2.75, 3.05) is 51.3 Å². The molecule has 1 aromatic carbocycles. The molecule has 136 valence electrons. The van der Waals surface area contributed by atoms with Gasteiger partial charge in [-0.25, -0.2) is 0 Å². The van der Waals surface area contributed by atoms with Crippen LogP contribution in [-0.4, -0.2) is 67.6 Å². The Morgan fingerprint density at radius 3 is 2.60 bits per heavy atom. The van der Waals surface area contributed by atoms with E-state index in [1.165, 1.54) is 5.56 Å². The molecule has 0 aromatic heterocycles. The summed E-state index contributed by atoms with van der Waals surface area (Å²) in [6.07, 6.45) is 1.28. The molecule has 1 N–H and O–H groups in total. The van der Waals surface area contributed by atoms with Crippen molar-refractivity contribution in [3.8, 4) is 0 Å². The van der Waals surface area contributed by atoms with Crippen molar-refractivity contribution < 1.29 is 14.3 Å². The minimum absolute atomic E-state index is 0.0635. The quantitative estimate of drug-likeness (QED) is 0.846. The van der Waals surface area contributed by atoms with Crippen molar-refractivity contribution in [2.24, 2.45) is 5.92 Å². The zero-order chi connectivity index (χ0) is 17.6. The molecule has 3 rings (SSSR count). The van der Waals surface area contributed by atoms with Gasteiger partial charge in [0.25, 0.3) is 0 Å². The van der Waals surface area contributed by atoms with Crippen LogP contribution in [0.3, 0.4) is 0 Å². The van der Waals surface area contributed by atoms with Gasteiger partial charge in [0.05, 0.1) is 19.1 Å². The third-order valence-electron chi connectivity index (χ3n) is 5.00. The number of carbonyl (C=O) groups is 2. The highest BCUT2D eigenvalue weighted by molar-refractivity contribution is 5.97. The van der Waals surface area contributed by atoms with Crippen molar-refractivity contribution in [2.45, 2.75) is 19.8 Å². The van der Waals surface area contributed by atoms with E-state index in [0.29, 0.717) is 19.5 Å². The molecule has 2 amide bonds. The van der Waals surface area contributed by atoms with Crippen LogP contribution in [0.15, 0.2) is 24.3 Å². The minimum Gasteiger partial charge on any atom is -0.379 e. The van der Waals surface area contributed by atoms with Crippen LogP contribution in [0.5, 0.6) is 0 Å². The van der Waals surface area contributed by atoms with Crippen LogP contribution < -0.4 is 5.32 Å². The maximum Gasteiger partial charge on any atom is 0.229 e. The molecule has 2 heterocycles. The Morgan fingerprint density at radius 2 is 1.92 bits per heavy atom. The van der Waals surface area contributed by atoms with Crippen molar-refractivity contribution in [3.05, 3.63) is 29.8 Å². The van der Waals surface area contributed by atoms with Gasteiger partial charge < -0.3 is 15.0 Å². The Morgan fingerprint density at radius 1 is 1.20 bits per heavy atom. The summed E-state index contributed by atoms with van der Waals surface area (Å²) in [6.45, 7) is 7.51. The average Bonchev–Trinajstić information content (AvgIpc) is 3.02. The molecule has 0 spiro atoms. The molecular formula is C19H27N3O3. The smallest absolute Gasteiger partial charge is 0.229 e. The van der Waals surface area contributed by atoms with Crippen LogP contribution in [0.4, 0.5) is 5.69 Å². The fourth-order valence-electron chi connectivity index (χ4n) is 3.32. The van der Waals surface area contributed by atoms with Crippen LogP contribution in [0.1, 0.15) is 18.9 Å². The van der Waals surface area contributed by atoms with Gasteiger partial charge in [-0.2, -0.15) is 0 Å². The number of ether oxygens (including phenoxy) is 1. The molecular weight excluding hydrogens is 318 g/mol. The Balaban J connectivity index is 1.47. The Bertz CT molecular complexity index is 596. The van der Waals surface area contributed by atoms with Crippen LogP contribution in [0.25, 0.3) is 0 Å². The highest BCUT2D eigenvalue weighted by Crippen LogP contribution is 2.20. The Labute approximate surface area is 149 Å². The van der Waals surface area contributed by atoms with Gasteiger partial charge in [-0.15, -0.1) is 0 Å². The summed E-state index contributed by atoms with van der Waals surface area (Å²) in [5, 5.41) is 2.94. The molecule has 0 radical (unpaired) electrons. The number of morpholine rings is 1. The van der Waals surface area contributed by atoms with Crippen molar-refractivity contribution in [1.82, 2.24) is 9.80 Å². The number of nitrogens with one attached hydrogen (secondary N) is 1. The summed E-state index contributed by atoms with van der Waals surface area (Å²) in [4.78, 5) is 28.8. The number of anilines is 1. The molecule has 0 saturated carbocycles. The number of hydrogen-bond donors (Lipinski definition) is 1. The molecule has 2 aliphatic heterocycles. The van der Waals surface area contributed by atoms with E-state index in [1.807, 2.05) is 29.2 Å². The first-order chi connectivity index (χ1) is 12.2. The molecule has 25 heavy (non-hydrogen) atoms. The maximum atomic E-state index is 12.4. The first-order valence-corrected chi connectivity index (χ1v) is 9.13. The van der Waals surface area contributed by atoms with E-state index >= 15 is 0 Å². The molecule has 2 saturated heterocycles. The second kappa shape index (κ2) is 8.45. The predicted octanol–water partition coefficient (Wildman–Crippen LogP) is 1.37. The number of benzene rings is 1. The second-order valence-corrected chi connectivity index (χ2v) is 6.73. The Kier molecular flexibility index (Phi) is 6.04. The normalized spacial score (nSPS) is 21.6. The van der Waals surface area contributed by atoms with Crippen molar-refractivity contribution >= 4 is 17.5 Å². The van der Waals surface area contributed by atoms with Crippen molar-refractivity contribution in [3.63, 3.8) is 0 Å². The van der Waals surface area contributed by atoms with Gasteiger partial charge in [0.15, 0.2) is 0 Å². The third-order valence-corrected chi connectivity index (χ3v) is 5.00. The van der Waals surface area contributed by atoms with E-state index in [9.17, 15) is 9.59 Å². The molecule has 6 nitrogen and oxygen atoms in total. The molecule has 2 fully saturated rings. The summed E-state index contributed by atoms with van der Waals surface area (Å²) < 4.78 is 5.34. The largest absolute Gasteiger partial charge is 0.379 e. The Hall–Kier alpha value is -1.92. The van der Waals surface area contributed by atoms with Crippen molar-refractivity contribution in [1.29, 1.82) is 0 Å². The number of hydrogen-bond acceptors (Lipinski definition) is 4. The number of amides is 2. The zero-order valence-electron chi connectivity index (χ0n) is 14.9. The summed E-state index contributed by atoms with van der Waals surface area (Å²) in [6, 6.07) is 7.88. The van der Waals surface area contributed by atoms with E-state index < -0.39 is 0 Å². The standard InChI is InChI=1S/C19H27N3O3/c1-2-15-3-5-17(6-4-15)20-19(24)16-13-18(23)22(14-16)8-7-21-9-11-25-12-10-21/h3-6,16H,2,7-14H2,1H3,(H,20,24). The number of nitrogens with zero attached hydrogens (tertiary/aromatic N) is 2. The lowest BCUT2D eigenvalue weighted by molar-refractivity contribution is -0.128. The first kappa shape index (κ1) is 17.9. The van der Waals surface area contributed by atoms with Gasteiger partial charge in [0.1, 0.15) is 0 Å². The van der Waals surface area contributed by atoms with Gasteiger partial charge >= 0.3 is 0 Å². The first-order valence-electron chi connectivity index (χ1n) is 9.13. The van der Waals surface area contributed by atoms with Gasteiger partial charge in [-0.3, -0.25) is 14.5 Å². The van der Waals surface area contributed by atoms with Gasteiger partial charge in [0.2, 0.25) is 11.8 Å². The van der Waals surface area contributed by atoms with E-state index in [0.717, 1.165) is 45.0 Å². The van der Waals surface area contributed by atoms with Crippen LogP contribution >= 0.6 is 0 Å². The highest BCUT2D eigenvalue weighted by atomic mass is 16.5. The van der Waals surface area contributed by atoms with Crippen LogP contribution in [-0.2, 0) is 20.7 Å². The summed E-state index contributed by atoms with van der Waals surface area (Å²) in [5.74, 6) is -0.246. The van der Waals surface area contributed by atoms with Gasteiger partial charge in [-0.1, -0.05) is 19.1 Å². The predicted molar refractivity (Wildman–Crippen MR) is 96.4 cm³/mol.